The van der Waals surface area contributed by atoms with Gasteiger partial charge in [0.25, 0.3) is 0 Å². The maximum absolute atomic E-state index is 6.03. The van der Waals surface area contributed by atoms with E-state index in [1.54, 1.807) is 0 Å². The average Bonchev–Trinajstić information content (AvgIpc) is 2.52. The summed E-state index contributed by atoms with van der Waals surface area (Å²) in [6.45, 7) is 9.24. The lowest BCUT2D eigenvalue weighted by atomic mass is 10.0. The van der Waals surface area contributed by atoms with Gasteiger partial charge in [0.1, 0.15) is 9.76 Å². The van der Waals surface area contributed by atoms with E-state index < -0.39 is 8.32 Å². The van der Waals surface area contributed by atoms with Gasteiger partial charge >= 0.3 is 0 Å². The van der Waals surface area contributed by atoms with E-state index in [4.69, 9.17) is 4.12 Å². The van der Waals surface area contributed by atoms with Crippen molar-refractivity contribution in [3.05, 3.63) is 0 Å². The summed E-state index contributed by atoms with van der Waals surface area (Å²) in [5.74, 6) is 0. The fourth-order valence-electron chi connectivity index (χ4n) is 3.21. The second-order valence-corrected chi connectivity index (χ2v) is 15.1. The molecule has 1 nitrogen and oxygen atoms in total. The third kappa shape index (κ3) is 22.4. The molecule has 0 N–H and O–H groups in total. The predicted molar refractivity (Wildman–Crippen MR) is 117 cm³/mol. The van der Waals surface area contributed by atoms with Crippen molar-refractivity contribution in [2.24, 2.45) is 0 Å². The highest BCUT2D eigenvalue weighted by atomic mass is 28.4. The third-order valence-corrected chi connectivity index (χ3v) is 9.85. The van der Waals surface area contributed by atoms with Gasteiger partial charge in [-0.25, -0.2) is 0 Å². The third-order valence-electron chi connectivity index (χ3n) is 4.78. The molecule has 0 aromatic carbocycles. The standard InChI is InChI=1S/C21H48OSi2/c1-5-6-7-8-9-10-11-12-13-14-15-16-17-18-19-20-21-23-22-24(2,3)4/h5-21,23H2,1-4H3. The minimum Gasteiger partial charge on any atom is -0.461 e. The van der Waals surface area contributed by atoms with Gasteiger partial charge in [0.05, 0.1) is 0 Å². The second kappa shape index (κ2) is 18.2. The Kier molecular flexibility index (Phi) is 18.5. The zero-order chi connectivity index (χ0) is 17.9. The van der Waals surface area contributed by atoms with Crippen LogP contribution in [-0.4, -0.2) is 18.1 Å². The van der Waals surface area contributed by atoms with Gasteiger partial charge in [0.2, 0.25) is 0 Å². The first-order chi connectivity index (χ1) is 11.6. The van der Waals surface area contributed by atoms with E-state index in [9.17, 15) is 0 Å². The quantitative estimate of drug-likeness (QED) is 0.167. The van der Waals surface area contributed by atoms with Crippen LogP contribution >= 0.6 is 0 Å². The van der Waals surface area contributed by atoms with Gasteiger partial charge in [-0.3, -0.25) is 0 Å². The molecule has 0 aromatic heterocycles. The molecular formula is C21H48OSi2. The van der Waals surface area contributed by atoms with Crippen LogP contribution in [0.3, 0.4) is 0 Å². The molecule has 0 fully saturated rings. The molecule has 0 unspecified atom stereocenters. The molecule has 0 saturated carbocycles. The molecule has 0 spiro atoms. The van der Waals surface area contributed by atoms with Gasteiger partial charge in [0, 0.05) is 0 Å². The second-order valence-electron chi connectivity index (χ2n) is 8.62. The van der Waals surface area contributed by atoms with E-state index in [1.807, 2.05) is 0 Å². The van der Waals surface area contributed by atoms with Crippen molar-refractivity contribution in [3.63, 3.8) is 0 Å². The van der Waals surface area contributed by atoms with Gasteiger partial charge in [-0.2, -0.15) is 0 Å². The smallest absolute Gasteiger partial charge is 0.169 e. The Labute approximate surface area is 157 Å². The predicted octanol–water partition coefficient (Wildman–Crippen LogP) is 7.60. The lowest BCUT2D eigenvalue weighted by Crippen LogP contribution is -2.27. The van der Waals surface area contributed by atoms with Crippen LogP contribution in [0.4, 0.5) is 0 Å². The fourth-order valence-corrected chi connectivity index (χ4v) is 6.79. The van der Waals surface area contributed by atoms with Crippen LogP contribution in [0.1, 0.15) is 110 Å². The minimum absolute atomic E-state index is 0.196. The molecular weight excluding hydrogens is 324 g/mol. The number of rotatable bonds is 19. The Bertz CT molecular complexity index is 238. The van der Waals surface area contributed by atoms with Crippen LogP contribution in [0, 0.1) is 0 Å². The molecule has 0 aromatic rings. The Morgan fingerprint density at radius 2 is 0.875 bits per heavy atom. The highest BCUT2D eigenvalue weighted by molar-refractivity contribution is 6.73. The van der Waals surface area contributed by atoms with Crippen molar-refractivity contribution in [1.29, 1.82) is 0 Å². The zero-order valence-corrected chi connectivity index (χ0v) is 20.1. The van der Waals surface area contributed by atoms with Crippen molar-refractivity contribution in [2.45, 2.75) is 135 Å². The lowest BCUT2D eigenvalue weighted by molar-refractivity contribution is 0.530. The molecule has 0 atom stereocenters. The number of hydrogen-bond donors (Lipinski definition) is 0. The average molecular weight is 373 g/mol. The van der Waals surface area contributed by atoms with Crippen molar-refractivity contribution in [2.75, 3.05) is 0 Å². The molecule has 0 radical (unpaired) electrons. The first kappa shape index (κ1) is 24.4. The summed E-state index contributed by atoms with van der Waals surface area (Å²) in [6.07, 6.45) is 23.4. The maximum Gasteiger partial charge on any atom is 0.169 e. The minimum atomic E-state index is -1.21. The molecule has 0 rings (SSSR count). The first-order valence-electron chi connectivity index (χ1n) is 11.2. The summed E-state index contributed by atoms with van der Waals surface area (Å²) in [7, 11) is -1.40. The summed E-state index contributed by atoms with van der Waals surface area (Å²) in [5.41, 5.74) is 0. The number of unbranched alkanes of at least 4 members (excludes halogenated alkanes) is 15. The Balaban J connectivity index is 3.00. The van der Waals surface area contributed by atoms with Crippen molar-refractivity contribution in [3.8, 4) is 0 Å². The van der Waals surface area contributed by atoms with Crippen LogP contribution in [0.5, 0.6) is 0 Å². The molecule has 0 amide bonds. The molecule has 0 aliphatic rings. The summed E-state index contributed by atoms with van der Waals surface area (Å²) < 4.78 is 6.03. The summed E-state index contributed by atoms with van der Waals surface area (Å²) in [4.78, 5) is 0. The zero-order valence-electron chi connectivity index (χ0n) is 17.6. The van der Waals surface area contributed by atoms with Gasteiger partial charge in [-0.15, -0.1) is 0 Å². The topological polar surface area (TPSA) is 9.23 Å². The molecule has 0 bridgehead atoms. The molecule has 0 aliphatic heterocycles. The Hall–Kier alpha value is 0.394. The molecule has 24 heavy (non-hydrogen) atoms. The Morgan fingerprint density at radius 1 is 0.542 bits per heavy atom. The van der Waals surface area contributed by atoms with Crippen LogP contribution < -0.4 is 0 Å². The van der Waals surface area contributed by atoms with Crippen LogP contribution in [0.25, 0.3) is 0 Å². The molecule has 146 valence electrons. The van der Waals surface area contributed by atoms with Gasteiger partial charge < -0.3 is 4.12 Å². The van der Waals surface area contributed by atoms with E-state index in [0.29, 0.717) is 0 Å². The number of hydrogen-bond acceptors (Lipinski definition) is 1. The largest absolute Gasteiger partial charge is 0.461 e. The first-order valence-corrected chi connectivity index (χ1v) is 16.2. The summed E-state index contributed by atoms with van der Waals surface area (Å²) in [6, 6.07) is 1.41. The van der Waals surface area contributed by atoms with Crippen LogP contribution in [0.15, 0.2) is 0 Å². The van der Waals surface area contributed by atoms with Crippen molar-refractivity contribution < 1.29 is 4.12 Å². The van der Waals surface area contributed by atoms with E-state index in [-0.39, 0.29) is 9.76 Å². The lowest BCUT2D eigenvalue weighted by Gasteiger charge is -2.17. The molecule has 0 aliphatic carbocycles. The SMILES string of the molecule is CCCCCCCCCCCCCCCCCC[SiH2]O[Si](C)(C)C. The van der Waals surface area contributed by atoms with E-state index in [2.05, 4.69) is 26.6 Å². The van der Waals surface area contributed by atoms with E-state index in [0.717, 1.165) is 0 Å². The normalized spacial score (nSPS) is 12.5. The Morgan fingerprint density at radius 3 is 1.21 bits per heavy atom. The van der Waals surface area contributed by atoms with Crippen molar-refractivity contribution >= 4 is 18.1 Å². The molecule has 0 heterocycles. The summed E-state index contributed by atoms with van der Waals surface area (Å²) in [5, 5.41) is 0. The summed E-state index contributed by atoms with van der Waals surface area (Å²) >= 11 is 0. The van der Waals surface area contributed by atoms with Crippen LogP contribution in [-0.2, 0) is 4.12 Å². The maximum atomic E-state index is 6.03. The highest BCUT2D eigenvalue weighted by Crippen LogP contribution is 2.14. The fraction of sp³-hybridized carbons (Fsp3) is 1.00. The molecule has 0 saturated heterocycles. The monoisotopic (exact) mass is 372 g/mol. The molecule has 3 heteroatoms. The van der Waals surface area contributed by atoms with Gasteiger partial charge in [-0.05, 0) is 25.7 Å². The van der Waals surface area contributed by atoms with E-state index >= 15 is 0 Å². The van der Waals surface area contributed by atoms with Crippen LogP contribution in [0.2, 0.25) is 25.7 Å². The van der Waals surface area contributed by atoms with E-state index in [1.165, 1.54) is 109 Å². The van der Waals surface area contributed by atoms with Gasteiger partial charge in [-0.1, -0.05) is 110 Å². The van der Waals surface area contributed by atoms with Gasteiger partial charge in [0.15, 0.2) is 8.32 Å². The highest BCUT2D eigenvalue weighted by Gasteiger charge is 2.12. The van der Waals surface area contributed by atoms with Crippen molar-refractivity contribution in [1.82, 2.24) is 0 Å².